The van der Waals surface area contributed by atoms with E-state index >= 15 is 0 Å². The molecule has 21 heavy (non-hydrogen) atoms. The summed E-state index contributed by atoms with van der Waals surface area (Å²) in [5.74, 6) is 0.227. The van der Waals surface area contributed by atoms with Gasteiger partial charge < -0.3 is 9.64 Å². The SMILES string of the molecule is CCN(CC)C(=O)C(C#N)CCCOc1ccccc1C. The summed E-state index contributed by atoms with van der Waals surface area (Å²) in [6.45, 7) is 7.67. The van der Waals surface area contributed by atoms with Gasteiger partial charge in [0.25, 0.3) is 0 Å². The minimum atomic E-state index is -0.564. The van der Waals surface area contributed by atoms with E-state index in [9.17, 15) is 4.79 Å². The summed E-state index contributed by atoms with van der Waals surface area (Å²) in [7, 11) is 0. The quantitative estimate of drug-likeness (QED) is 0.690. The highest BCUT2D eigenvalue weighted by molar-refractivity contribution is 5.81. The number of amides is 1. The first-order valence-electron chi connectivity index (χ1n) is 7.50. The van der Waals surface area contributed by atoms with Crippen LogP contribution in [0.4, 0.5) is 0 Å². The lowest BCUT2D eigenvalue weighted by atomic mass is 10.0. The van der Waals surface area contributed by atoms with Gasteiger partial charge in [-0.3, -0.25) is 4.79 Å². The Morgan fingerprint density at radius 2 is 2.00 bits per heavy atom. The van der Waals surface area contributed by atoms with E-state index in [1.807, 2.05) is 45.0 Å². The molecule has 114 valence electrons. The second-order valence-electron chi connectivity index (χ2n) is 4.95. The third-order valence-electron chi connectivity index (χ3n) is 3.52. The zero-order valence-corrected chi connectivity index (χ0v) is 13.1. The summed E-state index contributed by atoms with van der Waals surface area (Å²) in [6.07, 6.45) is 1.23. The molecule has 0 aliphatic rings. The summed E-state index contributed by atoms with van der Waals surface area (Å²) in [5, 5.41) is 9.16. The van der Waals surface area contributed by atoms with E-state index in [0.29, 0.717) is 32.5 Å². The molecule has 0 fully saturated rings. The number of carbonyl (C=O) groups is 1. The monoisotopic (exact) mass is 288 g/mol. The summed E-state index contributed by atoms with van der Waals surface area (Å²) in [6, 6.07) is 9.94. The van der Waals surface area contributed by atoms with Crippen LogP contribution >= 0.6 is 0 Å². The summed E-state index contributed by atoms with van der Waals surface area (Å²) >= 11 is 0. The van der Waals surface area contributed by atoms with Crippen molar-refractivity contribution in [2.75, 3.05) is 19.7 Å². The number of aryl methyl sites for hydroxylation is 1. The molecule has 4 nitrogen and oxygen atoms in total. The largest absolute Gasteiger partial charge is 0.493 e. The van der Waals surface area contributed by atoms with Gasteiger partial charge in [-0.05, 0) is 45.2 Å². The molecule has 1 amide bonds. The van der Waals surface area contributed by atoms with E-state index in [0.717, 1.165) is 11.3 Å². The van der Waals surface area contributed by atoms with E-state index < -0.39 is 5.92 Å². The fraction of sp³-hybridized carbons (Fsp3) is 0.529. The number of nitriles is 1. The third kappa shape index (κ3) is 5.11. The Morgan fingerprint density at radius 1 is 1.33 bits per heavy atom. The maximum atomic E-state index is 12.1. The molecule has 1 rings (SSSR count). The van der Waals surface area contributed by atoms with E-state index in [2.05, 4.69) is 6.07 Å². The standard InChI is InChI=1S/C17H24N2O2/c1-4-19(5-2)17(20)15(13-18)10-8-12-21-16-11-7-6-9-14(16)3/h6-7,9,11,15H,4-5,8,10,12H2,1-3H3. The van der Waals surface area contributed by atoms with E-state index in [4.69, 9.17) is 10.00 Å². The number of nitrogens with zero attached hydrogens (tertiary/aromatic N) is 2. The maximum Gasteiger partial charge on any atom is 0.239 e. The highest BCUT2D eigenvalue weighted by Crippen LogP contribution is 2.17. The minimum Gasteiger partial charge on any atom is -0.493 e. The Kier molecular flexibility index (Phi) is 7.31. The fourth-order valence-electron chi connectivity index (χ4n) is 2.19. The molecule has 0 aliphatic carbocycles. The van der Waals surface area contributed by atoms with Crippen LogP contribution < -0.4 is 4.74 Å². The zero-order chi connectivity index (χ0) is 15.7. The lowest BCUT2D eigenvalue weighted by molar-refractivity contribution is -0.133. The van der Waals surface area contributed by atoms with Crippen LogP contribution in [0.25, 0.3) is 0 Å². The molecule has 0 saturated carbocycles. The topological polar surface area (TPSA) is 53.3 Å². The van der Waals surface area contributed by atoms with Crippen molar-refractivity contribution in [1.29, 1.82) is 5.26 Å². The van der Waals surface area contributed by atoms with E-state index in [1.54, 1.807) is 4.90 Å². The van der Waals surface area contributed by atoms with Gasteiger partial charge in [-0.2, -0.15) is 5.26 Å². The maximum absolute atomic E-state index is 12.1. The zero-order valence-electron chi connectivity index (χ0n) is 13.1. The smallest absolute Gasteiger partial charge is 0.239 e. The first-order chi connectivity index (χ1) is 10.1. The first-order valence-corrected chi connectivity index (χ1v) is 7.50. The third-order valence-corrected chi connectivity index (χ3v) is 3.52. The Hall–Kier alpha value is -2.02. The molecular weight excluding hydrogens is 264 g/mol. The first kappa shape index (κ1) is 17.0. The predicted octanol–water partition coefficient (Wildman–Crippen LogP) is 3.16. The lowest BCUT2D eigenvalue weighted by Gasteiger charge is -2.21. The summed E-state index contributed by atoms with van der Waals surface area (Å²) in [5.41, 5.74) is 1.09. The molecule has 1 aromatic rings. The Bertz CT molecular complexity index is 490. The van der Waals surface area contributed by atoms with Gasteiger partial charge in [0.2, 0.25) is 5.91 Å². The summed E-state index contributed by atoms with van der Waals surface area (Å²) in [4.78, 5) is 13.8. The summed E-state index contributed by atoms with van der Waals surface area (Å²) < 4.78 is 5.69. The number of hydrogen-bond acceptors (Lipinski definition) is 3. The van der Waals surface area contributed by atoms with E-state index in [1.165, 1.54) is 0 Å². The van der Waals surface area contributed by atoms with Crippen LogP contribution in [0.15, 0.2) is 24.3 Å². The molecule has 0 bridgehead atoms. The van der Waals surface area contributed by atoms with Crippen molar-refractivity contribution in [3.8, 4) is 11.8 Å². The number of hydrogen-bond donors (Lipinski definition) is 0. The van der Waals surface area contributed by atoms with Crippen molar-refractivity contribution in [2.45, 2.75) is 33.6 Å². The van der Waals surface area contributed by atoms with Crippen LogP contribution in [0.1, 0.15) is 32.3 Å². The molecule has 0 saturated heterocycles. The van der Waals surface area contributed by atoms with Crippen LogP contribution in [-0.2, 0) is 4.79 Å². The van der Waals surface area contributed by atoms with Gasteiger partial charge in [0.15, 0.2) is 0 Å². The van der Waals surface area contributed by atoms with Crippen molar-refractivity contribution >= 4 is 5.91 Å². The van der Waals surface area contributed by atoms with Gasteiger partial charge in [0, 0.05) is 13.1 Å². The van der Waals surface area contributed by atoms with Gasteiger partial charge in [-0.15, -0.1) is 0 Å². The van der Waals surface area contributed by atoms with Crippen LogP contribution in [0.3, 0.4) is 0 Å². The average molecular weight is 288 g/mol. The van der Waals surface area contributed by atoms with Crippen LogP contribution in [-0.4, -0.2) is 30.5 Å². The number of rotatable bonds is 8. The molecule has 0 radical (unpaired) electrons. The molecule has 0 spiro atoms. The normalized spacial score (nSPS) is 11.5. The number of benzene rings is 1. The molecule has 0 aromatic heterocycles. The molecule has 0 heterocycles. The van der Waals surface area contributed by atoms with Crippen LogP contribution in [0.5, 0.6) is 5.75 Å². The number of carbonyl (C=O) groups excluding carboxylic acids is 1. The van der Waals surface area contributed by atoms with Crippen LogP contribution in [0, 0.1) is 24.2 Å². The van der Waals surface area contributed by atoms with Crippen LogP contribution in [0.2, 0.25) is 0 Å². The highest BCUT2D eigenvalue weighted by atomic mass is 16.5. The molecular formula is C17H24N2O2. The molecule has 0 N–H and O–H groups in total. The minimum absolute atomic E-state index is 0.0709. The van der Waals surface area contributed by atoms with Crippen molar-refractivity contribution in [2.24, 2.45) is 5.92 Å². The average Bonchev–Trinajstić information content (AvgIpc) is 2.50. The Labute approximate surface area is 127 Å². The van der Waals surface area contributed by atoms with E-state index in [-0.39, 0.29) is 5.91 Å². The Balaban J connectivity index is 2.41. The predicted molar refractivity (Wildman–Crippen MR) is 82.9 cm³/mol. The van der Waals surface area contributed by atoms with Gasteiger partial charge in [-0.1, -0.05) is 18.2 Å². The molecule has 1 atom stereocenters. The molecule has 1 aromatic carbocycles. The molecule has 1 unspecified atom stereocenters. The number of ether oxygens (including phenoxy) is 1. The van der Waals surface area contributed by atoms with Crippen molar-refractivity contribution in [3.63, 3.8) is 0 Å². The van der Waals surface area contributed by atoms with Crippen molar-refractivity contribution < 1.29 is 9.53 Å². The fourth-order valence-corrected chi connectivity index (χ4v) is 2.19. The second kappa shape index (κ2) is 9.02. The van der Waals surface area contributed by atoms with Crippen molar-refractivity contribution in [3.05, 3.63) is 29.8 Å². The lowest BCUT2D eigenvalue weighted by Crippen LogP contribution is -2.35. The van der Waals surface area contributed by atoms with Gasteiger partial charge in [-0.25, -0.2) is 0 Å². The Morgan fingerprint density at radius 3 is 2.57 bits per heavy atom. The van der Waals surface area contributed by atoms with Gasteiger partial charge in [0.1, 0.15) is 11.7 Å². The second-order valence-corrected chi connectivity index (χ2v) is 4.95. The number of para-hydroxylation sites is 1. The van der Waals surface area contributed by atoms with Gasteiger partial charge in [0.05, 0.1) is 12.7 Å². The molecule has 0 aliphatic heterocycles. The van der Waals surface area contributed by atoms with Gasteiger partial charge >= 0.3 is 0 Å². The highest BCUT2D eigenvalue weighted by Gasteiger charge is 2.21. The van der Waals surface area contributed by atoms with Crippen molar-refractivity contribution in [1.82, 2.24) is 4.90 Å². The molecule has 4 heteroatoms.